The molecule has 0 fully saturated rings. The van der Waals surface area contributed by atoms with Gasteiger partial charge in [-0.15, -0.1) is 0 Å². The van der Waals surface area contributed by atoms with Crippen LogP contribution in [0.25, 0.3) is 0 Å². The van der Waals surface area contributed by atoms with Crippen LogP contribution in [0.3, 0.4) is 0 Å². The zero-order valence-electron chi connectivity index (χ0n) is 25.6. The van der Waals surface area contributed by atoms with Crippen LogP contribution in [0.5, 0.6) is 5.75 Å². The van der Waals surface area contributed by atoms with E-state index in [9.17, 15) is 18.0 Å². The van der Waals surface area contributed by atoms with Crippen LogP contribution < -0.4 is 14.4 Å². The second-order valence-electron chi connectivity index (χ2n) is 10.6. The quantitative estimate of drug-likeness (QED) is 0.181. The molecule has 8 nitrogen and oxygen atoms in total. The van der Waals surface area contributed by atoms with Gasteiger partial charge in [-0.1, -0.05) is 90.8 Å². The van der Waals surface area contributed by atoms with E-state index in [1.807, 2.05) is 50.2 Å². The minimum Gasteiger partial charge on any atom is -0.495 e. The van der Waals surface area contributed by atoms with Gasteiger partial charge in [0.25, 0.3) is 10.0 Å². The second kappa shape index (κ2) is 15.6. The molecule has 1 atom stereocenters. The molecule has 45 heavy (non-hydrogen) atoms. The lowest BCUT2D eigenvalue weighted by molar-refractivity contribution is -0.140. The highest BCUT2D eigenvalue weighted by Gasteiger charge is 2.35. The number of nitrogens with one attached hydrogen (secondary N) is 1. The van der Waals surface area contributed by atoms with Crippen LogP contribution in [-0.4, -0.2) is 51.4 Å². The van der Waals surface area contributed by atoms with Crippen molar-refractivity contribution in [3.8, 4) is 5.75 Å². The zero-order valence-corrected chi connectivity index (χ0v) is 27.2. The molecule has 0 spiro atoms. The van der Waals surface area contributed by atoms with Crippen LogP contribution in [0, 0.1) is 6.92 Å². The number of nitrogens with zero attached hydrogens (tertiary/aromatic N) is 2. The lowest BCUT2D eigenvalue weighted by Gasteiger charge is -2.34. The summed E-state index contributed by atoms with van der Waals surface area (Å²) in [6.45, 7) is 3.69. The highest BCUT2D eigenvalue weighted by Crippen LogP contribution is 2.33. The molecular weight excluding hydrogens is 610 g/mol. The maximum Gasteiger partial charge on any atom is 0.264 e. The van der Waals surface area contributed by atoms with E-state index in [4.69, 9.17) is 16.3 Å². The second-order valence-corrected chi connectivity index (χ2v) is 12.9. The number of anilines is 1. The highest BCUT2D eigenvalue weighted by molar-refractivity contribution is 7.92. The molecule has 0 saturated heterocycles. The van der Waals surface area contributed by atoms with E-state index in [2.05, 4.69) is 5.32 Å². The van der Waals surface area contributed by atoms with Gasteiger partial charge < -0.3 is 15.0 Å². The van der Waals surface area contributed by atoms with Gasteiger partial charge in [0.15, 0.2) is 0 Å². The van der Waals surface area contributed by atoms with E-state index < -0.39 is 28.5 Å². The van der Waals surface area contributed by atoms with Gasteiger partial charge in [0.2, 0.25) is 11.8 Å². The number of hydrogen-bond acceptors (Lipinski definition) is 5. The minimum atomic E-state index is -4.25. The Bertz CT molecular complexity index is 1700. The normalized spacial score (nSPS) is 11.8. The van der Waals surface area contributed by atoms with Crippen LogP contribution in [0.4, 0.5) is 5.69 Å². The summed E-state index contributed by atoms with van der Waals surface area (Å²) < 4.78 is 35.0. The fourth-order valence-corrected chi connectivity index (χ4v) is 6.58. The summed E-state index contributed by atoms with van der Waals surface area (Å²) in [4.78, 5) is 29.7. The van der Waals surface area contributed by atoms with Gasteiger partial charge in [-0.25, -0.2) is 8.42 Å². The Labute approximate surface area is 270 Å². The molecule has 1 N–H and O–H groups in total. The van der Waals surface area contributed by atoms with Gasteiger partial charge in [-0.3, -0.25) is 13.9 Å². The van der Waals surface area contributed by atoms with Crippen molar-refractivity contribution in [3.05, 3.63) is 125 Å². The third kappa shape index (κ3) is 8.65. The standard InChI is InChI=1S/C35H38ClN3O5S/c1-4-21-37-35(41)32(23-27-11-6-5-7-12-27)38(24-28-13-10-14-29(36)22-28)34(40)25-39(31-15-8-9-16-33(31)44-3)45(42,43)30-19-17-26(2)18-20-30/h5-20,22,32H,4,21,23-25H2,1-3H3,(H,37,41)/t32-/m0/s1. The predicted octanol–water partition coefficient (Wildman–Crippen LogP) is 6.02. The maximum absolute atomic E-state index is 14.5. The molecule has 0 radical (unpaired) electrons. The highest BCUT2D eigenvalue weighted by atomic mass is 35.5. The van der Waals surface area contributed by atoms with Gasteiger partial charge in [0.05, 0.1) is 17.7 Å². The molecule has 0 bridgehead atoms. The van der Waals surface area contributed by atoms with Crippen LogP contribution in [0.1, 0.15) is 30.0 Å². The third-order valence-corrected chi connectivity index (χ3v) is 9.31. The fourth-order valence-electron chi connectivity index (χ4n) is 4.94. The fraction of sp³-hybridized carbons (Fsp3) is 0.257. The van der Waals surface area contributed by atoms with E-state index in [-0.39, 0.29) is 35.2 Å². The molecule has 0 aliphatic heterocycles. The first-order valence-corrected chi connectivity index (χ1v) is 16.5. The molecule has 0 aliphatic carbocycles. The molecule has 0 unspecified atom stereocenters. The van der Waals surface area contributed by atoms with Crippen molar-refractivity contribution >= 4 is 39.1 Å². The summed E-state index contributed by atoms with van der Waals surface area (Å²) in [6.07, 6.45) is 0.935. The summed E-state index contributed by atoms with van der Waals surface area (Å²) in [6, 6.07) is 28.6. The van der Waals surface area contributed by atoms with Crippen molar-refractivity contribution in [3.63, 3.8) is 0 Å². The molecule has 2 amide bonds. The number of aryl methyl sites for hydroxylation is 1. The van der Waals surface area contributed by atoms with Crippen molar-refractivity contribution in [2.75, 3.05) is 24.5 Å². The monoisotopic (exact) mass is 647 g/mol. The number of para-hydroxylation sites is 2. The molecule has 0 saturated carbocycles. The Kier molecular flexibility index (Phi) is 11.6. The largest absolute Gasteiger partial charge is 0.495 e. The van der Waals surface area contributed by atoms with E-state index in [1.165, 1.54) is 24.1 Å². The molecule has 4 rings (SSSR count). The van der Waals surface area contributed by atoms with Gasteiger partial charge >= 0.3 is 0 Å². The number of carbonyl (C=O) groups is 2. The summed E-state index contributed by atoms with van der Waals surface area (Å²) in [5.41, 5.74) is 2.64. The third-order valence-electron chi connectivity index (χ3n) is 7.30. The zero-order chi connectivity index (χ0) is 32.4. The summed E-state index contributed by atoms with van der Waals surface area (Å²) >= 11 is 6.30. The van der Waals surface area contributed by atoms with Crippen molar-refractivity contribution in [1.29, 1.82) is 0 Å². The number of benzene rings is 4. The summed E-state index contributed by atoms with van der Waals surface area (Å²) in [7, 11) is -2.81. The molecule has 4 aromatic rings. The minimum absolute atomic E-state index is 0.0229. The van der Waals surface area contributed by atoms with E-state index in [0.29, 0.717) is 23.6 Å². The Morgan fingerprint density at radius 1 is 0.889 bits per heavy atom. The molecule has 0 aliphatic rings. The average Bonchev–Trinajstić information content (AvgIpc) is 3.04. The van der Waals surface area contributed by atoms with Crippen LogP contribution >= 0.6 is 11.6 Å². The molecule has 4 aromatic carbocycles. The van der Waals surface area contributed by atoms with Crippen molar-refractivity contribution in [2.24, 2.45) is 0 Å². The van der Waals surface area contributed by atoms with Gasteiger partial charge in [0.1, 0.15) is 18.3 Å². The Morgan fingerprint density at radius 2 is 1.56 bits per heavy atom. The van der Waals surface area contributed by atoms with Crippen LogP contribution in [-0.2, 0) is 32.6 Å². The number of ether oxygens (including phenoxy) is 1. The van der Waals surface area contributed by atoms with Crippen molar-refractivity contribution < 1.29 is 22.7 Å². The van der Waals surface area contributed by atoms with E-state index in [0.717, 1.165) is 15.4 Å². The number of hydrogen-bond donors (Lipinski definition) is 1. The summed E-state index contributed by atoms with van der Waals surface area (Å²) in [5.74, 6) is -0.616. The molecule has 0 aromatic heterocycles. The Morgan fingerprint density at radius 3 is 2.22 bits per heavy atom. The number of rotatable bonds is 14. The molecular formula is C35H38ClN3O5S. The number of carbonyl (C=O) groups excluding carboxylic acids is 2. The van der Waals surface area contributed by atoms with Crippen molar-refractivity contribution in [2.45, 2.75) is 44.2 Å². The van der Waals surface area contributed by atoms with Gasteiger partial charge in [0, 0.05) is 24.5 Å². The predicted molar refractivity (Wildman–Crippen MR) is 178 cm³/mol. The first kappa shape index (κ1) is 33.6. The SMILES string of the molecule is CCCNC(=O)[C@H](Cc1ccccc1)N(Cc1cccc(Cl)c1)C(=O)CN(c1ccccc1OC)S(=O)(=O)c1ccc(C)cc1. The van der Waals surface area contributed by atoms with Crippen LogP contribution in [0.15, 0.2) is 108 Å². The average molecular weight is 648 g/mol. The lowest BCUT2D eigenvalue weighted by Crippen LogP contribution is -2.53. The number of sulfonamides is 1. The summed E-state index contributed by atoms with van der Waals surface area (Å²) in [5, 5.41) is 3.42. The Balaban J connectivity index is 1.82. The number of amides is 2. The molecule has 0 heterocycles. The number of halogens is 1. The maximum atomic E-state index is 14.5. The van der Waals surface area contributed by atoms with E-state index in [1.54, 1.807) is 54.6 Å². The van der Waals surface area contributed by atoms with E-state index >= 15 is 0 Å². The van der Waals surface area contributed by atoms with Crippen LogP contribution in [0.2, 0.25) is 5.02 Å². The molecule has 236 valence electrons. The number of methoxy groups -OCH3 is 1. The lowest BCUT2D eigenvalue weighted by atomic mass is 10.0. The molecule has 10 heteroatoms. The topological polar surface area (TPSA) is 96.0 Å². The smallest absolute Gasteiger partial charge is 0.264 e. The van der Waals surface area contributed by atoms with Crippen molar-refractivity contribution in [1.82, 2.24) is 10.2 Å². The Hall–Kier alpha value is -4.34. The van der Waals surface area contributed by atoms with Gasteiger partial charge in [-0.05, 0) is 60.9 Å². The first-order chi connectivity index (χ1) is 21.6. The van der Waals surface area contributed by atoms with Gasteiger partial charge in [-0.2, -0.15) is 0 Å². The first-order valence-electron chi connectivity index (χ1n) is 14.7.